The molecule has 1 heterocycles. The van der Waals surface area contributed by atoms with Gasteiger partial charge in [0.2, 0.25) is 5.88 Å². The van der Waals surface area contributed by atoms with Crippen molar-refractivity contribution < 1.29 is 9.90 Å². The SMILES string of the molecule is CCCn1c(O)c(C(=O)c2ccc(C)cc2)c(C)c(C#N)c1=O. The minimum Gasteiger partial charge on any atom is -0.494 e. The number of benzene rings is 1. The van der Waals surface area contributed by atoms with Gasteiger partial charge in [0.1, 0.15) is 11.6 Å². The summed E-state index contributed by atoms with van der Waals surface area (Å²) >= 11 is 0. The molecule has 0 atom stereocenters. The van der Waals surface area contributed by atoms with Crippen molar-refractivity contribution in [2.45, 2.75) is 33.7 Å². The van der Waals surface area contributed by atoms with Crippen LogP contribution in [0.15, 0.2) is 29.1 Å². The summed E-state index contributed by atoms with van der Waals surface area (Å²) in [6, 6.07) is 8.77. The Hall–Kier alpha value is -2.87. The molecule has 23 heavy (non-hydrogen) atoms. The van der Waals surface area contributed by atoms with Gasteiger partial charge >= 0.3 is 0 Å². The number of carbonyl (C=O) groups is 1. The van der Waals surface area contributed by atoms with Gasteiger partial charge in [0.25, 0.3) is 5.56 Å². The van der Waals surface area contributed by atoms with Gasteiger partial charge in [-0.3, -0.25) is 14.2 Å². The summed E-state index contributed by atoms with van der Waals surface area (Å²) in [6.45, 7) is 5.51. The Morgan fingerprint density at radius 1 is 1.26 bits per heavy atom. The van der Waals surface area contributed by atoms with Crippen LogP contribution in [-0.2, 0) is 6.54 Å². The van der Waals surface area contributed by atoms with Crippen LogP contribution < -0.4 is 5.56 Å². The molecule has 5 nitrogen and oxygen atoms in total. The molecule has 0 aliphatic heterocycles. The second-order valence-electron chi connectivity index (χ2n) is 5.46. The first-order valence-corrected chi connectivity index (χ1v) is 7.40. The van der Waals surface area contributed by atoms with Gasteiger partial charge in [-0.15, -0.1) is 0 Å². The van der Waals surface area contributed by atoms with Gasteiger partial charge in [-0.25, -0.2) is 0 Å². The Balaban J connectivity index is 2.73. The van der Waals surface area contributed by atoms with Crippen LogP contribution in [0.1, 0.15) is 46.0 Å². The summed E-state index contributed by atoms with van der Waals surface area (Å²) in [5.74, 6) is -0.778. The van der Waals surface area contributed by atoms with E-state index in [0.29, 0.717) is 12.0 Å². The Kier molecular flexibility index (Phi) is 4.65. The van der Waals surface area contributed by atoms with Crippen molar-refractivity contribution >= 4 is 5.78 Å². The standard InChI is InChI=1S/C18H18N2O3/c1-4-9-20-17(22)14(10-19)12(3)15(18(20)23)16(21)13-7-5-11(2)6-8-13/h5-8,23H,4,9H2,1-3H3. The van der Waals surface area contributed by atoms with Crippen LogP contribution >= 0.6 is 0 Å². The van der Waals surface area contributed by atoms with Crippen molar-refractivity contribution in [1.29, 1.82) is 5.26 Å². The lowest BCUT2D eigenvalue weighted by molar-refractivity contribution is 0.103. The summed E-state index contributed by atoms with van der Waals surface area (Å²) in [7, 11) is 0. The van der Waals surface area contributed by atoms with Gasteiger partial charge in [0.15, 0.2) is 5.78 Å². The minimum atomic E-state index is -0.565. The van der Waals surface area contributed by atoms with Gasteiger partial charge in [-0.05, 0) is 25.8 Å². The zero-order valence-electron chi connectivity index (χ0n) is 13.4. The molecule has 1 aromatic carbocycles. The minimum absolute atomic E-state index is 0.0125. The number of ketones is 1. The number of nitriles is 1. The maximum absolute atomic E-state index is 12.8. The van der Waals surface area contributed by atoms with E-state index in [1.165, 1.54) is 6.92 Å². The number of pyridine rings is 1. The topological polar surface area (TPSA) is 83.1 Å². The molecule has 1 N–H and O–H groups in total. The molecule has 0 saturated heterocycles. The third kappa shape index (κ3) is 2.88. The summed E-state index contributed by atoms with van der Waals surface area (Å²) in [6.07, 6.45) is 0.597. The van der Waals surface area contributed by atoms with E-state index >= 15 is 0 Å². The molecular weight excluding hydrogens is 292 g/mol. The molecule has 5 heteroatoms. The fraction of sp³-hybridized carbons (Fsp3) is 0.278. The molecule has 0 aliphatic rings. The van der Waals surface area contributed by atoms with E-state index in [-0.39, 0.29) is 29.1 Å². The number of carbonyl (C=O) groups excluding carboxylic acids is 1. The summed E-state index contributed by atoms with van der Waals surface area (Å²) in [5.41, 5.74) is 0.971. The highest BCUT2D eigenvalue weighted by Gasteiger charge is 2.24. The average Bonchev–Trinajstić information content (AvgIpc) is 2.52. The molecule has 0 radical (unpaired) electrons. The summed E-state index contributed by atoms with van der Waals surface area (Å²) in [4.78, 5) is 25.0. The summed E-state index contributed by atoms with van der Waals surface area (Å²) < 4.78 is 1.09. The molecule has 2 rings (SSSR count). The molecule has 2 aromatic rings. The van der Waals surface area contributed by atoms with E-state index in [1.807, 2.05) is 19.9 Å². The van der Waals surface area contributed by atoms with Crippen molar-refractivity contribution in [3.05, 3.63) is 62.4 Å². The second kappa shape index (κ2) is 6.49. The number of aromatic hydroxyl groups is 1. The van der Waals surface area contributed by atoms with E-state index in [1.54, 1.807) is 24.3 Å². The lowest BCUT2D eigenvalue weighted by Gasteiger charge is -2.15. The van der Waals surface area contributed by atoms with Crippen molar-refractivity contribution in [3.8, 4) is 11.9 Å². The average molecular weight is 310 g/mol. The Morgan fingerprint density at radius 2 is 1.87 bits per heavy atom. The van der Waals surface area contributed by atoms with E-state index in [9.17, 15) is 20.0 Å². The van der Waals surface area contributed by atoms with Gasteiger partial charge in [-0.2, -0.15) is 5.26 Å². The number of aromatic nitrogens is 1. The largest absolute Gasteiger partial charge is 0.494 e. The first-order valence-electron chi connectivity index (χ1n) is 7.40. The van der Waals surface area contributed by atoms with E-state index in [2.05, 4.69) is 0 Å². The molecule has 0 amide bonds. The predicted octanol–water partition coefficient (Wildman–Crippen LogP) is 2.68. The maximum Gasteiger partial charge on any atom is 0.271 e. The van der Waals surface area contributed by atoms with Crippen LogP contribution in [0.5, 0.6) is 5.88 Å². The predicted molar refractivity (Wildman–Crippen MR) is 86.7 cm³/mol. The molecule has 118 valence electrons. The van der Waals surface area contributed by atoms with Gasteiger partial charge < -0.3 is 5.11 Å². The first kappa shape index (κ1) is 16.5. The molecule has 1 aromatic heterocycles. The zero-order chi connectivity index (χ0) is 17.1. The normalized spacial score (nSPS) is 10.3. The highest BCUT2D eigenvalue weighted by Crippen LogP contribution is 2.25. The molecule has 0 spiro atoms. The lowest BCUT2D eigenvalue weighted by Crippen LogP contribution is -2.26. The molecule has 0 fully saturated rings. The quantitative estimate of drug-likeness (QED) is 0.880. The maximum atomic E-state index is 12.8. The number of hydrogen-bond acceptors (Lipinski definition) is 4. The Bertz CT molecular complexity index is 856. The number of aryl methyl sites for hydroxylation is 1. The van der Waals surface area contributed by atoms with Crippen molar-refractivity contribution in [3.63, 3.8) is 0 Å². The van der Waals surface area contributed by atoms with Gasteiger partial charge in [0.05, 0.1) is 5.56 Å². The van der Waals surface area contributed by atoms with Crippen molar-refractivity contribution in [1.82, 2.24) is 4.57 Å². The van der Waals surface area contributed by atoms with Crippen LogP contribution in [0.2, 0.25) is 0 Å². The molecule has 0 aliphatic carbocycles. The number of rotatable bonds is 4. The number of hydrogen-bond donors (Lipinski definition) is 1. The summed E-state index contributed by atoms with van der Waals surface area (Å²) in [5, 5.41) is 19.7. The Morgan fingerprint density at radius 3 is 2.39 bits per heavy atom. The van der Waals surface area contributed by atoms with E-state index in [0.717, 1.165) is 10.1 Å². The van der Waals surface area contributed by atoms with Crippen molar-refractivity contribution in [2.75, 3.05) is 0 Å². The molecule has 0 unspecified atom stereocenters. The molecular formula is C18H18N2O3. The number of nitrogens with zero attached hydrogens (tertiary/aromatic N) is 2. The zero-order valence-corrected chi connectivity index (χ0v) is 13.4. The Labute approximate surface area is 134 Å². The lowest BCUT2D eigenvalue weighted by atomic mass is 9.96. The monoisotopic (exact) mass is 310 g/mol. The smallest absolute Gasteiger partial charge is 0.271 e. The van der Waals surface area contributed by atoms with Crippen LogP contribution in [0.4, 0.5) is 0 Å². The van der Waals surface area contributed by atoms with E-state index < -0.39 is 11.3 Å². The van der Waals surface area contributed by atoms with Crippen LogP contribution in [-0.4, -0.2) is 15.5 Å². The van der Waals surface area contributed by atoms with Gasteiger partial charge in [0, 0.05) is 12.1 Å². The van der Waals surface area contributed by atoms with Crippen molar-refractivity contribution in [2.24, 2.45) is 0 Å². The molecule has 0 bridgehead atoms. The van der Waals surface area contributed by atoms with Gasteiger partial charge in [-0.1, -0.05) is 36.8 Å². The third-order valence-electron chi connectivity index (χ3n) is 3.79. The van der Waals surface area contributed by atoms with Crippen LogP contribution in [0.3, 0.4) is 0 Å². The second-order valence-corrected chi connectivity index (χ2v) is 5.46. The highest BCUT2D eigenvalue weighted by atomic mass is 16.3. The first-order chi connectivity index (χ1) is 10.9. The highest BCUT2D eigenvalue weighted by molar-refractivity contribution is 6.11. The molecule has 0 saturated carbocycles. The third-order valence-corrected chi connectivity index (χ3v) is 3.79. The fourth-order valence-corrected chi connectivity index (χ4v) is 2.50. The van der Waals surface area contributed by atoms with Crippen LogP contribution in [0, 0.1) is 25.2 Å². The fourth-order valence-electron chi connectivity index (χ4n) is 2.50. The van der Waals surface area contributed by atoms with Crippen LogP contribution in [0.25, 0.3) is 0 Å². The van der Waals surface area contributed by atoms with E-state index in [4.69, 9.17) is 0 Å².